The summed E-state index contributed by atoms with van der Waals surface area (Å²) in [5.74, 6) is 0.665. The van der Waals surface area contributed by atoms with Crippen LogP contribution in [0.2, 0.25) is 10.2 Å². The van der Waals surface area contributed by atoms with Gasteiger partial charge in [-0.05, 0) is 42.5 Å². The van der Waals surface area contributed by atoms with Crippen LogP contribution in [-0.2, 0) is 6.61 Å². The van der Waals surface area contributed by atoms with E-state index in [-0.39, 0.29) is 0 Å². The molecule has 0 atom stereocenters. The van der Waals surface area contributed by atoms with Gasteiger partial charge in [0.25, 0.3) is 0 Å². The Balaban J connectivity index is 1.82. The van der Waals surface area contributed by atoms with Gasteiger partial charge in [-0.25, -0.2) is 4.98 Å². The van der Waals surface area contributed by atoms with Crippen LogP contribution in [-0.4, -0.2) is 11.3 Å². The van der Waals surface area contributed by atoms with Gasteiger partial charge in [0.05, 0.1) is 5.52 Å². The summed E-state index contributed by atoms with van der Waals surface area (Å²) in [4.78, 5) is 14.9. The number of hydrogen-bond acceptors (Lipinski definition) is 3. The fourth-order valence-corrected chi connectivity index (χ4v) is 2.43. The molecule has 1 heterocycles. The number of nitrogens with zero attached hydrogens (tertiary/aromatic N) is 1. The Kier molecular flexibility index (Phi) is 4.27. The molecule has 5 heteroatoms. The Labute approximate surface area is 137 Å². The number of carbonyl (C=O) groups excluding carboxylic acids is 1. The van der Waals surface area contributed by atoms with Crippen molar-refractivity contribution < 1.29 is 9.53 Å². The van der Waals surface area contributed by atoms with Crippen molar-refractivity contribution >= 4 is 40.4 Å². The highest BCUT2D eigenvalue weighted by Crippen LogP contribution is 2.24. The maximum Gasteiger partial charge on any atom is 0.150 e. The molecule has 0 aliphatic carbocycles. The zero-order chi connectivity index (χ0) is 15.5. The molecule has 0 amide bonds. The molecule has 0 unspecified atom stereocenters. The monoisotopic (exact) mass is 331 g/mol. The van der Waals surface area contributed by atoms with Crippen molar-refractivity contribution in [2.45, 2.75) is 6.61 Å². The Hall–Kier alpha value is -2.10. The molecule has 0 saturated carbocycles. The third-order valence-corrected chi connectivity index (χ3v) is 3.78. The first kappa shape index (κ1) is 14.8. The molecule has 0 aliphatic heterocycles. The number of fused-ring (bicyclic) bond motifs is 1. The first-order valence-corrected chi connectivity index (χ1v) is 7.34. The van der Waals surface area contributed by atoms with Crippen molar-refractivity contribution in [3.8, 4) is 5.75 Å². The van der Waals surface area contributed by atoms with Crippen LogP contribution in [0.15, 0.2) is 48.5 Å². The normalized spacial score (nSPS) is 10.6. The quantitative estimate of drug-likeness (QED) is 0.502. The van der Waals surface area contributed by atoms with Gasteiger partial charge in [-0.1, -0.05) is 29.3 Å². The van der Waals surface area contributed by atoms with Crippen LogP contribution in [0.1, 0.15) is 15.9 Å². The molecule has 1 aromatic heterocycles. The van der Waals surface area contributed by atoms with E-state index in [4.69, 9.17) is 27.9 Å². The van der Waals surface area contributed by atoms with Crippen LogP contribution < -0.4 is 4.74 Å². The van der Waals surface area contributed by atoms with E-state index in [1.165, 1.54) is 0 Å². The fourth-order valence-electron chi connectivity index (χ4n) is 2.07. The largest absolute Gasteiger partial charge is 0.489 e. The Morgan fingerprint density at radius 2 is 1.82 bits per heavy atom. The molecule has 0 aliphatic rings. The summed E-state index contributed by atoms with van der Waals surface area (Å²) in [6, 6.07) is 14.3. The van der Waals surface area contributed by atoms with Crippen LogP contribution in [0.4, 0.5) is 0 Å². The molecular weight excluding hydrogens is 321 g/mol. The number of hydrogen-bond donors (Lipinski definition) is 0. The number of pyridine rings is 1. The molecule has 110 valence electrons. The van der Waals surface area contributed by atoms with Gasteiger partial charge in [0.15, 0.2) is 0 Å². The highest BCUT2D eigenvalue weighted by molar-refractivity contribution is 6.32. The molecule has 2 aromatic carbocycles. The van der Waals surface area contributed by atoms with E-state index >= 15 is 0 Å². The van der Waals surface area contributed by atoms with Gasteiger partial charge >= 0.3 is 0 Å². The molecule has 0 fully saturated rings. The van der Waals surface area contributed by atoms with Crippen molar-refractivity contribution in [2.75, 3.05) is 0 Å². The molecule has 3 rings (SSSR count). The molecule has 0 radical (unpaired) electrons. The molecule has 0 spiro atoms. The van der Waals surface area contributed by atoms with Crippen LogP contribution >= 0.6 is 23.2 Å². The lowest BCUT2D eigenvalue weighted by Gasteiger charge is -2.09. The molecule has 0 bridgehead atoms. The second-order valence-electron chi connectivity index (χ2n) is 4.75. The standard InChI is InChI=1S/C17H11Cl2NO2/c18-14-4-3-12-7-13(17(19)20-16(12)8-14)10-22-15-5-1-11(9-21)2-6-15/h1-9H,10H2. The predicted molar refractivity (Wildman–Crippen MR) is 87.9 cm³/mol. The number of aromatic nitrogens is 1. The van der Waals surface area contributed by atoms with E-state index in [9.17, 15) is 4.79 Å². The summed E-state index contributed by atoms with van der Waals surface area (Å²) >= 11 is 12.1. The SMILES string of the molecule is O=Cc1ccc(OCc2cc3ccc(Cl)cc3nc2Cl)cc1. The van der Waals surface area contributed by atoms with Gasteiger partial charge in [-0.3, -0.25) is 4.79 Å². The lowest BCUT2D eigenvalue weighted by Crippen LogP contribution is -1.98. The second-order valence-corrected chi connectivity index (χ2v) is 5.55. The summed E-state index contributed by atoms with van der Waals surface area (Å²) in [7, 11) is 0. The average molecular weight is 332 g/mol. The lowest BCUT2D eigenvalue weighted by atomic mass is 10.1. The zero-order valence-corrected chi connectivity index (χ0v) is 12.9. The minimum atomic E-state index is 0.296. The maximum absolute atomic E-state index is 10.6. The van der Waals surface area contributed by atoms with Crippen molar-refractivity contribution in [1.82, 2.24) is 4.98 Å². The van der Waals surface area contributed by atoms with Gasteiger partial charge in [0.1, 0.15) is 23.8 Å². The first-order valence-electron chi connectivity index (χ1n) is 6.58. The molecular formula is C17H11Cl2NO2. The van der Waals surface area contributed by atoms with E-state index in [2.05, 4.69) is 4.98 Å². The molecule has 0 saturated heterocycles. The van der Waals surface area contributed by atoms with Gasteiger partial charge in [-0.2, -0.15) is 0 Å². The Bertz CT molecular complexity index is 832. The average Bonchev–Trinajstić information content (AvgIpc) is 2.53. The highest BCUT2D eigenvalue weighted by Gasteiger charge is 2.07. The third-order valence-electron chi connectivity index (χ3n) is 3.22. The van der Waals surface area contributed by atoms with E-state index < -0.39 is 0 Å². The van der Waals surface area contributed by atoms with Crippen molar-refractivity contribution in [3.05, 3.63) is 69.8 Å². The highest BCUT2D eigenvalue weighted by atomic mass is 35.5. The Morgan fingerprint density at radius 3 is 2.55 bits per heavy atom. The van der Waals surface area contributed by atoms with Gasteiger partial charge < -0.3 is 4.74 Å². The number of halogens is 2. The number of aldehydes is 1. The van der Waals surface area contributed by atoms with E-state index in [1.54, 1.807) is 30.3 Å². The number of rotatable bonds is 4. The topological polar surface area (TPSA) is 39.2 Å². The molecule has 0 N–H and O–H groups in total. The van der Waals surface area contributed by atoms with Crippen molar-refractivity contribution in [1.29, 1.82) is 0 Å². The number of ether oxygens (including phenoxy) is 1. The molecule has 22 heavy (non-hydrogen) atoms. The summed E-state index contributed by atoms with van der Waals surface area (Å²) in [5.41, 5.74) is 2.14. The smallest absolute Gasteiger partial charge is 0.150 e. The minimum absolute atomic E-state index is 0.296. The van der Waals surface area contributed by atoms with Crippen molar-refractivity contribution in [3.63, 3.8) is 0 Å². The van der Waals surface area contributed by atoms with Crippen molar-refractivity contribution in [2.24, 2.45) is 0 Å². The molecule has 3 aromatic rings. The number of benzene rings is 2. The number of carbonyl (C=O) groups is 1. The third kappa shape index (κ3) is 3.21. The summed E-state index contributed by atoms with van der Waals surface area (Å²) < 4.78 is 5.68. The second kappa shape index (κ2) is 6.34. The minimum Gasteiger partial charge on any atom is -0.489 e. The van der Waals surface area contributed by atoms with E-state index in [0.29, 0.717) is 28.1 Å². The first-order chi connectivity index (χ1) is 10.7. The van der Waals surface area contributed by atoms with Gasteiger partial charge in [0, 0.05) is 21.5 Å². The maximum atomic E-state index is 10.6. The van der Waals surface area contributed by atoms with Crippen LogP contribution in [0, 0.1) is 0 Å². The Morgan fingerprint density at radius 1 is 1.05 bits per heavy atom. The van der Waals surface area contributed by atoms with Gasteiger partial charge in [-0.15, -0.1) is 0 Å². The summed E-state index contributed by atoms with van der Waals surface area (Å²) in [6.07, 6.45) is 0.791. The summed E-state index contributed by atoms with van der Waals surface area (Å²) in [6.45, 7) is 0.296. The van der Waals surface area contributed by atoms with E-state index in [0.717, 1.165) is 22.8 Å². The predicted octanol–water partition coefficient (Wildman–Crippen LogP) is 4.93. The molecule has 3 nitrogen and oxygen atoms in total. The summed E-state index contributed by atoms with van der Waals surface area (Å²) in [5, 5.41) is 1.96. The fraction of sp³-hybridized carbons (Fsp3) is 0.0588. The van der Waals surface area contributed by atoms with Crippen LogP contribution in [0.5, 0.6) is 5.75 Å². The van der Waals surface area contributed by atoms with Crippen LogP contribution in [0.3, 0.4) is 0 Å². The zero-order valence-electron chi connectivity index (χ0n) is 11.4. The van der Waals surface area contributed by atoms with Crippen LogP contribution in [0.25, 0.3) is 10.9 Å². The lowest BCUT2D eigenvalue weighted by molar-refractivity contribution is 0.112. The van der Waals surface area contributed by atoms with E-state index in [1.807, 2.05) is 18.2 Å². The van der Waals surface area contributed by atoms with Gasteiger partial charge in [0.2, 0.25) is 0 Å².